The highest BCUT2D eigenvalue weighted by molar-refractivity contribution is 5.79. The van der Waals surface area contributed by atoms with Crippen LogP contribution in [0.2, 0.25) is 0 Å². The minimum atomic E-state index is 0.0306. The van der Waals surface area contributed by atoms with Gasteiger partial charge in [-0.15, -0.1) is 5.10 Å². The number of nitrogens with zero attached hydrogens (tertiary/aromatic N) is 3. The van der Waals surface area contributed by atoms with Crippen molar-refractivity contribution in [3.05, 3.63) is 17.8 Å². The molecule has 88 valence electrons. The van der Waals surface area contributed by atoms with Gasteiger partial charge in [-0.05, 0) is 26.0 Å². The average molecular weight is 221 g/mol. The predicted octanol–water partition coefficient (Wildman–Crippen LogP) is 1.18. The van der Waals surface area contributed by atoms with Crippen LogP contribution >= 0.6 is 0 Å². The smallest absolute Gasteiger partial charge is 0.151 e. The highest BCUT2D eigenvalue weighted by Gasteiger charge is 2.12. The topological polar surface area (TPSA) is 78.9 Å². The summed E-state index contributed by atoms with van der Waals surface area (Å²) in [5, 5.41) is 15.5. The molecule has 1 unspecified atom stereocenters. The molecule has 0 bridgehead atoms. The molecule has 0 aliphatic heterocycles. The summed E-state index contributed by atoms with van der Waals surface area (Å²) < 4.78 is 0. The summed E-state index contributed by atoms with van der Waals surface area (Å²) in [7, 11) is 0. The maximum atomic E-state index is 7.38. The van der Waals surface area contributed by atoms with Gasteiger partial charge in [-0.3, -0.25) is 5.41 Å². The minimum absolute atomic E-state index is 0.0306. The van der Waals surface area contributed by atoms with Crippen LogP contribution in [0.15, 0.2) is 12.1 Å². The Hall–Kier alpha value is -1.65. The normalized spacial score (nSPS) is 12.2. The van der Waals surface area contributed by atoms with Gasteiger partial charge in [-0.1, -0.05) is 6.92 Å². The van der Waals surface area contributed by atoms with Crippen LogP contribution in [-0.2, 0) is 0 Å². The van der Waals surface area contributed by atoms with Crippen molar-refractivity contribution in [3.63, 3.8) is 0 Å². The molecule has 5 heteroatoms. The Morgan fingerprint density at radius 1 is 1.50 bits per heavy atom. The Morgan fingerprint density at radius 2 is 2.19 bits per heavy atom. The van der Waals surface area contributed by atoms with Crippen LogP contribution in [0.4, 0.5) is 5.82 Å². The second kappa shape index (κ2) is 5.44. The molecule has 0 amide bonds. The number of nitrogens with one attached hydrogen (secondary N) is 1. The van der Waals surface area contributed by atoms with Gasteiger partial charge in [-0.2, -0.15) is 5.10 Å². The molecule has 0 saturated carbocycles. The summed E-state index contributed by atoms with van der Waals surface area (Å²) >= 11 is 0. The van der Waals surface area contributed by atoms with Crippen molar-refractivity contribution in [2.75, 3.05) is 18.0 Å². The van der Waals surface area contributed by atoms with E-state index in [4.69, 9.17) is 11.1 Å². The van der Waals surface area contributed by atoms with Gasteiger partial charge in [0.25, 0.3) is 0 Å². The fraction of sp³-hybridized carbons (Fsp3) is 0.545. The number of amidine groups is 1. The van der Waals surface area contributed by atoms with Crippen molar-refractivity contribution in [1.82, 2.24) is 10.2 Å². The van der Waals surface area contributed by atoms with Gasteiger partial charge in [0.05, 0.1) is 11.5 Å². The minimum Gasteiger partial charge on any atom is -0.387 e. The summed E-state index contributed by atoms with van der Waals surface area (Å²) in [6.45, 7) is 7.42. The van der Waals surface area contributed by atoms with E-state index in [-0.39, 0.29) is 11.8 Å². The van der Waals surface area contributed by atoms with E-state index in [1.54, 1.807) is 0 Å². The molecule has 16 heavy (non-hydrogen) atoms. The third kappa shape index (κ3) is 3.18. The summed E-state index contributed by atoms with van der Waals surface area (Å²) in [5.74, 6) is 1.07. The standard InChI is InChI=1S/C11H19N5/c1-4-16(7-8(2)11(12)13)10-6-5-9(3)14-15-10/h5-6,8H,4,7H2,1-3H3,(H3,12,13). The zero-order valence-electron chi connectivity index (χ0n) is 10.1. The molecule has 0 fully saturated rings. The van der Waals surface area contributed by atoms with E-state index in [9.17, 15) is 0 Å². The number of hydrogen-bond acceptors (Lipinski definition) is 4. The molecular formula is C11H19N5. The van der Waals surface area contributed by atoms with Crippen molar-refractivity contribution < 1.29 is 0 Å². The molecule has 0 aliphatic carbocycles. The van der Waals surface area contributed by atoms with Crippen LogP contribution in [0, 0.1) is 18.3 Å². The summed E-state index contributed by atoms with van der Waals surface area (Å²) in [6, 6.07) is 3.88. The zero-order valence-corrected chi connectivity index (χ0v) is 10.1. The molecule has 0 radical (unpaired) electrons. The van der Waals surface area contributed by atoms with Crippen LogP contribution in [-0.4, -0.2) is 29.1 Å². The lowest BCUT2D eigenvalue weighted by Gasteiger charge is -2.24. The Bertz CT molecular complexity index is 346. The SMILES string of the molecule is CCN(CC(C)C(=N)N)c1ccc(C)nn1. The molecule has 0 aromatic carbocycles. The van der Waals surface area contributed by atoms with Gasteiger partial charge in [0.15, 0.2) is 5.82 Å². The predicted molar refractivity (Wildman–Crippen MR) is 65.7 cm³/mol. The number of hydrogen-bond donors (Lipinski definition) is 2. The van der Waals surface area contributed by atoms with Gasteiger partial charge in [-0.25, -0.2) is 0 Å². The first-order chi connectivity index (χ1) is 7.54. The summed E-state index contributed by atoms with van der Waals surface area (Å²) in [4.78, 5) is 2.07. The van der Waals surface area contributed by atoms with E-state index in [1.807, 2.05) is 32.9 Å². The Labute approximate surface area is 96.2 Å². The fourth-order valence-electron chi connectivity index (χ4n) is 1.37. The molecule has 3 N–H and O–H groups in total. The average Bonchev–Trinajstić information content (AvgIpc) is 2.26. The largest absolute Gasteiger partial charge is 0.387 e. The first-order valence-electron chi connectivity index (χ1n) is 5.43. The van der Waals surface area contributed by atoms with Crippen molar-refractivity contribution in [3.8, 4) is 0 Å². The lowest BCUT2D eigenvalue weighted by atomic mass is 10.1. The molecule has 0 aliphatic rings. The van der Waals surface area contributed by atoms with Gasteiger partial charge < -0.3 is 10.6 Å². The third-order valence-electron chi connectivity index (χ3n) is 2.51. The van der Waals surface area contributed by atoms with Crippen LogP contribution in [0.1, 0.15) is 19.5 Å². The van der Waals surface area contributed by atoms with Gasteiger partial charge in [0, 0.05) is 19.0 Å². The maximum Gasteiger partial charge on any atom is 0.151 e. The number of nitrogens with two attached hydrogens (primary N) is 1. The molecule has 5 nitrogen and oxygen atoms in total. The molecule has 1 atom stereocenters. The third-order valence-corrected chi connectivity index (χ3v) is 2.51. The van der Waals surface area contributed by atoms with Gasteiger partial charge >= 0.3 is 0 Å². The van der Waals surface area contributed by atoms with Crippen molar-refractivity contribution in [2.45, 2.75) is 20.8 Å². The van der Waals surface area contributed by atoms with E-state index in [0.717, 1.165) is 18.1 Å². The lowest BCUT2D eigenvalue weighted by molar-refractivity contribution is 0.684. The van der Waals surface area contributed by atoms with E-state index >= 15 is 0 Å². The molecule has 0 saturated heterocycles. The Balaban J connectivity index is 2.74. The van der Waals surface area contributed by atoms with Crippen LogP contribution in [0.3, 0.4) is 0 Å². The van der Waals surface area contributed by atoms with Gasteiger partial charge in [0.2, 0.25) is 0 Å². The van der Waals surface area contributed by atoms with E-state index in [0.29, 0.717) is 6.54 Å². The monoisotopic (exact) mass is 221 g/mol. The zero-order chi connectivity index (χ0) is 12.1. The second-order valence-electron chi connectivity index (χ2n) is 3.93. The van der Waals surface area contributed by atoms with E-state index in [1.165, 1.54) is 0 Å². The van der Waals surface area contributed by atoms with Crippen molar-refractivity contribution >= 4 is 11.7 Å². The molecular weight excluding hydrogens is 202 g/mol. The highest BCUT2D eigenvalue weighted by Crippen LogP contribution is 2.11. The Morgan fingerprint density at radius 3 is 2.62 bits per heavy atom. The molecule has 1 aromatic rings. The maximum absolute atomic E-state index is 7.38. The fourth-order valence-corrected chi connectivity index (χ4v) is 1.37. The number of aryl methyl sites for hydroxylation is 1. The van der Waals surface area contributed by atoms with E-state index < -0.39 is 0 Å². The highest BCUT2D eigenvalue weighted by atomic mass is 15.3. The van der Waals surface area contributed by atoms with Crippen LogP contribution in [0.5, 0.6) is 0 Å². The number of rotatable bonds is 5. The lowest BCUT2D eigenvalue weighted by Crippen LogP contribution is -2.35. The second-order valence-corrected chi connectivity index (χ2v) is 3.93. The van der Waals surface area contributed by atoms with Crippen molar-refractivity contribution in [2.24, 2.45) is 11.7 Å². The van der Waals surface area contributed by atoms with Crippen LogP contribution < -0.4 is 10.6 Å². The molecule has 1 rings (SSSR count). The summed E-state index contributed by atoms with van der Waals surface area (Å²) in [6.07, 6.45) is 0. The van der Waals surface area contributed by atoms with Crippen LogP contribution in [0.25, 0.3) is 0 Å². The first-order valence-corrected chi connectivity index (χ1v) is 5.43. The summed E-state index contributed by atoms with van der Waals surface area (Å²) in [5.41, 5.74) is 6.36. The van der Waals surface area contributed by atoms with Crippen molar-refractivity contribution in [1.29, 1.82) is 5.41 Å². The Kier molecular flexibility index (Phi) is 4.22. The molecule has 1 aromatic heterocycles. The van der Waals surface area contributed by atoms with E-state index in [2.05, 4.69) is 15.1 Å². The number of aromatic nitrogens is 2. The number of anilines is 1. The molecule has 0 spiro atoms. The van der Waals surface area contributed by atoms with Gasteiger partial charge in [0.1, 0.15) is 0 Å². The first kappa shape index (κ1) is 12.4. The molecule has 1 heterocycles. The quantitative estimate of drug-likeness (QED) is 0.578.